The lowest BCUT2D eigenvalue weighted by atomic mass is 9.90. The fourth-order valence-corrected chi connectivity index (χ4v) is 3.83. The molecule has 0 aromatic carbocycles. The third kappa shape index (κ3) is 1.75. The highest BCUT2D eigenvalue weighted by Crippen LogP contribution is 2.45. The first-order valence-corrected chi connectivity index (χ1v) is 6.55. The molecule has 0 aromatic heterocycles. The van der Waals surface area contributed by atoms with E-state index < -0.39 is 0 Å². The van der Waals surface area contributed by atoms with E-state index in [1.54, 1.807) is 0 Å². The Labute approximate surface area is 98.5 Å². The Morgan fingerprint density at radius 1 is 1.19 bits per heavy atom. The Morgan fingerprint density at radius 2 is 1.81 bits per heavy atom. The second kappa shape index (κ2) is 4.36. The number of fused-ring (bicyclic) bond motifs is 2. The van der Waals surface area contributed by atoms with E-state index in [1.807, 2.05) is 0 Å². The van der Waals surface area contributed by atoms with Crippen molar-refractivity contribution in [1.82, 2.24) is 4.90 Å². The molecule has 92 valence electrons. The van der Waals surface area contributed by atoms with Gasteiger partial charge in [-0.15, -0.1) is 0 Å². The van der Waals surface area contributed by atoms with Gasteiger partial charge in [-0.1, -0.05) is 5.16 Å². The van der Waals surface area contributed by atoms with Gasteiger partial charge in [-0.05, 0) is 52.9 Å². The summed E-state index contributed by atoms with van der Waals surface area (Å²) in [7, 11) is 0. The molecule has 0 amide bonds. The van der Waals surface area contributed by atoms with Gasteiger partial charge in [-0.3, -0.25) is 4.90 Å². The quantitative estimate of drug-likeness (QED) is 0.591. The predicted octanol–water partition coefficient (Wildman–Crippen LogP) is 2.73. The molecule has 2 fully saturated rings. The molecule has 3 heteroatoms. The smallest absolute Gasteiger partial charge is 0.0775 e. The summed E-state index contributed by atoms with van der Waals surface area (Å²) < 4.78 is 0. The summed E-state index contributed by atoms with van der Waals surface area (Å²) in [5, 5.41) is 12.8. The van der Waals surface area contributed by atoms with E-state index in [9.17, 15) is 5.21 Å². The standard InChI is InChI=1S/C13H24N2O/c1-8(2)15(9(3)4)13-11-6-5-10(7-11)12(13)14-16/h8-11,13,16H,5-7H2,1-4H3/b14-12+/t10-,11-,13+/m0/s1. The van der Waals surface area contributed by atoms with Gasteiger partial charge in [0.05, 0.1) is 11.8 Å². The summed E-state index contributed by atoms with van der Waals surface area (Å²) in [5.74, 6) is 1.28. The van der Waals surface area contributed by atoms with Crippen LogP contribution in [-0.4, -0.2) is 33.9 Å². The highest BCUT2D eigenvalue weighted by molar-refractivity contribution is 5.94. The molecule has 0 aromatic rings. The van der Waals surface area contributed by atoms with E-state index >= 15 is 0 Å². The van der Waals surface area contributed by atoms with Gasteiger partial charge < -0.3 is 5.21 Å². The minimum atomic E-state index is 0.392. The van der Waals surface area contributed by atoms with E-state index in [2.05, 4.69) is 37.8 Å². The van der Waals surface area contributed by atoms with Crippen LogP contribution in [0.2, 0.25) is 0 Å². The number of rotatable bonds is 3. The zero-order chi connectivity index (χ0) is 11.9. The van der Waals surface area contributed by atoms with Crippen molar-refractivity contribution in [2.45, 2.75) is 65.1 Å². The zero-order valence-electron chi connectivity index (χ0n) is 10.8. The molecular weight excluding hydrogens is 200 g/mol. The normalized spacial score (nSPS) is 36.2. The molecule has 2 saturated carbocycles. The van der Waals surface area contributed by atoms with Gasteiger partial charge in [0.2, 0.25) is 0 Å². The molecule has 2 rings (SSSR count). The van der Waals surface area contributed by atoms with Crippen molar-refractivity contribution in [3.8, 4) is 0 Å². The van der Waals surface area contributed by atoms with Crippen LogP contribution < -0.4 is 0 Å². The van der Waals surface area contributed by atoms with Crippen molar-refractivity contribution < 1.29 is 5.21 Å². The van der Waals surface area contributed by atoms with Gasteiger partial charge in [0.15, 0.2) is 0 Å². The third-order valence-electron chi connectivity index (χ3n) is 4.27. The molecule has 0 radical (unpaired) electrons. The van der Waals surface area contributed by atoms with Crippen LogP contribution in [-0.2, 0) is 0 Å². The lowest BCUT2D eigenvalue weighted by Crippen LogP contribution is -2.51. The van der Waals surface area contributed by atoms with E-state index in [0.29, 0.717) is 24.0 Å². The highest BCUT2D eigenvalue weighted by atomic mass is 16.4. The average molecular weight is 224 g/mol. The molecule has 0 saturated heterocycles. The number of hydrogen-bond donors (Lipinski definition) is 1. The maximum atomic E-state index is 9.23. The van der Waals surface area contributed by atoms with Crippen LogP contribution in [0.4, 0.5) is 0 Å². The van der Waals surface area contributed by atoms with Crippen LogP contribution in [0.1, 0.15) is 47.0 Å². The Balaban J connectivity index is 2.24. The van der Waals surface area contributed by atoms with Crippen molar-refractivity contribution in [2.24, 2.45) is 17.0 Å². The largest absolute Gasteiger partial charge is 0.411 e. The topological polar surface area (TPSA) is 35.8 Å². The number of nitrogens with zero attached hydrogens (tertiary/aromatic N) is 2. The molecule has 1 N–H and O–H groups in total. The van der Waals surface area contributed by atoms with Gasteiger partial charge in [-0.25, -0.2) is 0 Å². The predicted molar refractivity (Wildman–Crippen MR) is 66.0 cm³/mol. The van der Waals surface area contributed by atoms with Crippen molar-refractivity contribution in [3.63, 3.8) is 0 Å². The number of oxime groups is 1. The van der Waals surface area contributed by atoms with Crippen molar-refractivity contribution in [1.29, 1.82) is 0 Å². The van der Waals surface area contributed by atoms with Crippen LogP contribution in [0.15, 0.2) is 5.16 Å². The minimum Gasteiger partial charge on any atom is -0.411 e. The summed E-state index contributed by atoms with van der Waals surface area (Å²) in [4.78, 5) is 2.51. The Hall–Kier alpha value is -0.570. The maximum Gasteiger partial charge on any atom is 0.0775 e. The van der Waals surface area contributed by atoms with Gasteiger partial charge in [0, 0.05) is 18.0 Å². The van der Waals surface area contributed by atoms with Crippen LogP contribution in [0.3, 0.4) is 0 Å². The van der Waals surface area contributed by atoms with Crippen LogP contribution >= 0.6 is 0 Å². The van der Waals surface area contributed by atoms with Crippen molar-refractivity contribution >= 4 is 5.71 Å². The van der Waals surface area contributed by atoms with E-state index in [-0.39, 0.29) is 0 Å². The molecule has 0 heterocycles. The summed E-state index contributed by atoms with van der Waals surface area (Å²) >= 11 is 0. The van der Waals surface area contributed by atoms with Gasteiger partial charge >= 0.3 is 0 Å². The van der Waals surface area contributed by atoms with Crippen molar-refractivity contribution in [3.05, 3.63) is 0 Å². The molecule has 0 aliphatic heterocycles. The molecule has 2 bridgehead atoms. The fourth-order valence-electron chi connectivity index (χ4n) is 3.83. The fraction of sp³-hybridized carbons (Fsp3) is 0.923. The summed E-state index contributed by atoms with van der Waals surface area (Å²) in [5.41, 5.74) is 1.05. The third-order valence-corrected chi connectivity index (χ3v) is 4.27. The second-order valence-electron chi connectivity index (χ2n) is 5.87. The SMILES string of the molecule is CC(C)N(C(C)C)[C@H]1/C(=N/O)[C@H]2CC[C@H]1C2. The minimum absolute atomic E-state index is 0.392. The Bertz CT molecular complexity index is 278. The van der Waals surface area contributed by atoms with Gasteiger partial charge in [-0.2, -0.15) is 0 Å². The van der Waals surface area contributed by atoms with Crippen LogP contribution in [0.25, 0.3) is 0 Å². The van der Waals surface area contributed by atoms with E-state index in [4.69, 9.17) is 0 Å². The molecule has 0 spiro atoms. The molecule has 3 atom stereocenters. The molecule has 2 aliphatic rings. The lowest BCUT2D eigenvalue weighted by molar-refractivity contribution is 0.115. The Morgan fingerprint density at radius 3 is 2.31 bits per heavy atom. The van der Waals surface area contributed by atoms with Crippen LogP contribution in [0.5, 0.6) is 0 Å². The van der Waals surface area contributed by atoms with E-state index in [0.717, 1.165) is 11.6 Å². The first-order valence-electron chi connectivity index (χ1n) is 6.55. The first kappa shape index (κ1) is 11.9. The summed E-state index contributed by atoms with van der Waals surface area (Å²) in [6.07, 6.45) is 3.77. The molecule has 0 unspecified atom stereocenters. The summed E-state index contributed by atoms with van der Waals surface area (Å²) in [6, 6.07) is 1.42. The van der Waals surface area contributed by atoms with Gasteiger partial charge in [0.25, 0.3) is 0 Å². The Kier molecular flexibility index (Phi) is 3.24. The lowest BCUT2D eigenvalue weighted by Gasteiger charge is -2.40. The van der Waals surface area contributed by atoms with Crippen molar-refractivity contribution in [2.75, 3.05) is 0 Å². The van der Waals surface area contributed by atoms with Gasteiger partial charge in [0.1, 0.15) is 0 Å². The highest BCUT2D eigenvalue weighted by Gasteiger charge is 2.48. The average Bonchev–Trinajstić information content (AvgIpc) is 2.76. The van der Waals surface area contributed by atoms with Crippen LogP contribution in [0, 0.1) is 11.8 Å². The second-order valence-corrected chi connectivity index (χ2v) is 5.87. The maximum absolute atomic E-state index is 9.23. The molecule has 2 aliphatic carbocycles. The monoisotopic (exact) mass is 224 g/mol. The molecule has 16 heavy (non-hydrogen) atoms. The zero-order valence-corrected chi connectivity index (χ0v) is 10.8. The molecule has 3 nitrogen and oxygen atoms in total. The first-order chi connectivity index (χ1) is 7.56. The number of hydrogen-bond acceptors (Lipinski definition) is 3. The summed E-state index contributed by atoms with van der Waals surface area (Å²) in [6.45, 7) is 8.95. The molecular formula is C13H24N2O. The van der Waals surface area contributed by atoms with E-state index in [1.165, 1.54) is 19.3 Å².